The molecule has 236 valence electrons. The summed E-state index contributed by atoms with van der Waals surface area (Å²) in [6.45, 7) is 0. The van der Waals surface area contributed by atoms with Crippen molar-refractivity contribution >= 4 is 44.5 Å². The minimum atomic E-state index is 1.07. The summed E-state index contributed by atoms with van der Waals surface area (Å²) < 4.78 is 0. The van der Waals surface area contributed by atoms with Gasteiger partial charge in [0.2, 0.25) is 0 Å². The Morgan fingerprint density at radius 3 is 1.70 bits per heavy atom. The Kier molecular flexibility index (Phi) is 6.13. The number of benzene rings is 8. The lowest BCUT2D eigenvalue weighted by atomic mass is 9.78. The van der Waals surface area contributed by atoms with Crippen molar-refractivity contribution in [3.05, 3.63) is 166 Å². The van der Waals surface area contributed by atoms with Crippen LogP contribution in [0, 0.1) is 0 Å². The van der Waals surface area contributed by atoms with Gasteiger partial charge in [-0.05, 0) is 160 Å². The third-order valence-corrected chi connectivity index (χ3v) is 11.9. The van der Waals surface area contributed by atoms with E-state index in [0.717, 1.165) is 38.5 Å². The number of aryl methyl sites for hydroxylation is 4. The summed E-state index contributed by atoms with van der Waals surface area (Å²) in [5, 5.41) is 10.9. The van der Waals surface area contributed by atoms with Crippen molar-refractivity contribution in [1.82, 2.24) is 0 Å². The van der Waals surface area contributed by atoms with Crippen molar-refractivity contribution in [1.29, 1.82) is 0 Å². The minimum Gasteiger partial charge on any atom is -0.0757 e. The molecule has 0 saturated heterocycles. The van der Waals surface area contributed by atoms with Gasteiger partial charge in [-0.1, -0.05) is 133 Å². The molecule has 0 unspecified atom stereocenters. The molecule has 0 spiro atoms. The van der Waals surface area contributed by atoms with Gasteiger partial charge in [0.25, 0.3) is 0 Å². The first-order valence-electron chi connectivity index (χ1n) is 18.3. The highest BCUT2D eigenvalue weighted by Crippen LogP contribution is 2.45. The van der Waals surface area contributed by atoms with Gasteiger partial charge in [0.05, 0.1) is 0 Å². The molecule has 8 aromatic rings. The Labute approximate surface area is 292 Å². The molecule has 0 aromatic heterocycles. The van der Waals surface area contributed by atoms with Gasteiger partial charge < -0.3 is 0 Å². The molecule has 50 heavy (non-hydrogen) atoms. The molecule has 11 rings (SSSR count). The van der Waals surface area contributed by atoms with E-state index in [4.69, 9.17) is 0 Å². The molecule has 3 aliphatic rings. The maximum atomic E-state index is 2.55. The maximum Gasteiger partial charge on any atom is -0.00233 e. The quantitative estimate of drug-likeness (QED) is 0.177. The van der Waals surface area contributed by atoms with Crippen LogP contribution in [0.15, 0.2) is 133 Å². The maximum absolute atomic E-state index is 2.55. The predicted molar refractivity (Wildman–Crippen MR) is 213 cm³/mol. The van der Waals surface area contributed by atoms with Crippen LogP contribution in [-0.4, -0.2) is 0 Å². The summed E-state index contributed by atoms with van der Waals surface area (Å²) in [6.07, 6.45) is 11.6. The molecular weight excluding hydrogens is 601 g/mol. The van der Waals surface area contributed by atoms with Crippen LogP contribution in [0.4, 0.5) is 0 Å². The largest absolute Gasteiger partial charge is 0.0757 e. The topological polar surface area (TPSA) is 0 Å². The van der Waals surface area contributed by atoms with Crippen LogP contribution in [0.2, 0.25) is 0 Å². The fourth-order valence-electron chi connectivity index (χ4n) is 9.66. The van der Waals surface area contributed by atoms with Gasteiger partial charge in [-0.3, -0.25) is 0 Å². The lowest BCUT2D eigenvalue weighted by Crippen LogP contribution is -2.31. The Bertz CT molecular complexity index is 2870. The minimum absolute atomic E-state index is 1.07. The van der Waals surface area contributed by atoms with Crippen molar-refractivity contribution in [2.24, 2.45) is 0 Å². The summed E-state index contributed by atoms with van der Waals surface area (Å²) in [6, 6.07) is 50.9. The Balaban J connectivity index is 1.21. The Morgan fingerprint density at radius 2 is 0.880 bits per heavy atom. The van der Waals surface area contributed by atoms with Crippen molar-refractivity contribution in [3.8, 4) is 44.5 Å². The van der Waals surface area contributed by atoms with Gasteiger partial charge in [-0.25, -0.2) is 0 Å². The van der Waals surface area contributed by atoms with Crippen LogP contribution in [0.25, 0.3) is 89.0 Å². The highest BCUT2D eigenvalue weighted by molar-refractivity contribution is 6.14. The van der Waals surface area contributed by atoms with E-state index < -0.39 is 0 Å². The van der Waals surface area contributed by atoms with E-state index in [9.17, 15) is 0 Å². The molecule has 0 bridgehead atoms. The molecule has 8 aromatic carbocycles. The molecule has 0 fully saturated rings. The van der Waals surface area contributed by atoms with E-state index in [1.165, 1.54) is 110 Å². The smallest absolute Gasteiger partial charge is 0.00233 e. The van der Waals surface area contributed by atoms with Crippen molar-refractivity contribution in [2.45, 2.75) is 38.5 Å². The lowest BCUT2D eigenvalue weighted by molar-refractivity contribution is 0.945. The lowest BCUT2D eigenvalue weighted by Gasteiger charge is -2.25. The van der Waals surface area contributed by atoms with Gasteiger partial charge in [-0.15, -0.1) is 0 Å². The van der Waals surface area contributed by atoms with Crippen LogP contribution in [-0.2, 0) is 25.7 Å². The van der Waals surface area contributed by atoms with E-state index in [1.54, 1.807) is 0 Å². The number of hydrogen-bond acceptors (Lipinski definition) is 0. The van der Waals surface area contributed by atoms with E-state index in [0.29, 0.717) is 0 Å². The summed E-state index contributed by atoms with van der Waals surface area (Å²) >= 11 is 0. The van der Waals surface area contributed by atoms with Crippen LogP contribution in [0.1, 0.15) is 35.1 Å². The first-order valence-corrected chi connectivity index (χ1v) is 18.3. The summed E-state index contributed by atoms with van der Waals surface area (Å²) in [5.74, 6) is 0. The van der Waals surface area contributed by atoms with Gasteiger partial charge in [0.15, 0.2) is 0 Å². The van der Waals surface area contributed by atoms with Crippen LogP contribution < -0.4 is 10.4 Å². The molecule has 0 saturated carbocycles. The molecule has 0 heterocycles. The first kappa shape index (κ1) is 28.2. The second-order valence-electron chi connectivity index (χ2n) is 14.5. The van der Waals surface area contributed by atoms with Crippen LogP contribution >= 0.6 is 0 Å². The average Bonchev–Trinajstić information content (AvgIpc) is 3.19. The van der Waals surface area contributed by atoms with E-state index in [1.807, 2.05) is 0 Å². The van der Waals surface area contributed by atoms with E-state index in [-0.39, 0.29) is 0 Å². The number of hydrogen-bond donors (Lipinski definition) is 0. The Morgan fingerprint density at radius 1 is 0.320 bits per heavy atom. The van der Waals surface area contributed by atoms with E-state index in [2.05, 4.69) is 146 Å². The zero-order valence-electron chi connectivity index (χ0n) is 28.1. The molecular formula is C50H36. The predicted octanol–water partition coefficient (Wildman–Crippen LogP) is 11.4. The van der Waals surface area contributed by atoms with Gasteiger partial charge in [0.1, 0.15) is 0 Å². The van der Waals surface area contributed by atoms with Crippen molar-refractivity contribution in [3.63, 3.8) is 0 Å². The van der Waals surface area contributed by atoms with Gasteiger partial charge in [0, 0.05) is 0 Å². The van der Waals surface area contributed by atoms with Crippen LogP contribution in [0.5, 0.6) is 0 Å². The fraction of sp³-hybridized carbons (Fsp3) is 0.120. The molecule has 0 aliphatic heterocycles. The van der Waals surface area contributed by atoms with Crippen molar-refractivity contribution < 1.29 is 0 Å². The fourth-order valence-corrected chi connectivity index (χ4v) is 9.66. The first-order chi connectivity index (χ1) is 24.8. The Hall–Kier alpha value is -5.72. The molecule has 0 radical (unpaired) electrons. The summed E-state index contributed by atoms with van der Waals surface area (Å²) in [5.41, 5.74) is 17.0. The molecule has 0 N–H and O–H groups in total. The average molecular weight is 637 g/mol. The highest BCUT2D eigenvalue weighted by atomic mass is 14.3. The monoisotopic (exact) mass is 636 g/mol. The number of fused-ring (bicyclic) bond motifs is 12. The second-order valence-corrected chi connectivity index (χ2v) is 14.5. The van der Waals surface area contributed by atoms with Gasteiger partial charge in [-0.2, -0.15) is 0 Å². The normalized spacial score (nSPS) is 14.2. The third kappa shape index (κ3) is 4.06. The third-order valence-electron chi connectivity index (χ3n) is 11.9. The second kappa shape index (κ2) is 10.9. The van der Waals surface area contributed by atoms with E-state index >= 15 is 0 Å². The zero-order valence-corrected chi connectivity index (χ0v) is 28.1. The zero-order chi connectivity index (χ0) is 32.8. The number of rotatable bonds is 2. The molecule has 0 atom stereocenters. The standard InChI is InChI=1S/C50H36/c1-3-13-37-31(11-1)21-25-34-26-22-33-24-28-35(29-45(33)47(34)37)49-41-17-7-9-19-43(41)50(44-20-10-8-18-42(44)49)46-30-36-27-23-32-12-2-4-14-38(32)48(36)40-16-6-5-15-39(40)46/h1-7,9,11-21,24-25,28-30H,8,10,22-23,26-27H2. The summed E-state index contributed by atoms with van der Waals surface area (Å²) in [4.78, 5) is 0. The molecule has 0 nitrogen and oxygen atoms in total. The summed E-state index contributed by atoms with van der Waals surface area (Å²) in [7, 11) is 0. The molecule has 0 heteroatoms. The SMILES string of the molecule is C1=c2c(-c3ccc4c(c3)-c3c(ccc5ccccc35)CC4)c3ccccc3c(-c3cc4c(c5ccccc35)-c3ccccc3CC4)c2=CCC1. The molecule has 3 aliphatic carbocycles. The highest BCUT2D eigenvalue weighted by Gasteiger charge is 2.25. The van der Waals surface area contributed by atoms with Gasteiger partial charge >= 0.3 is 0 Å². The molecule has 0 amide bonds. The van der Waals surface area contributed by atoms with Crippen LogP contribution in [0.3, 0.4) is 0 Å². The van der Waals surface area contributed by atoms with Crippen molar-refractivity contribution in [2.75, 3.05) is 0 Å².